The topological polar surface area (TPSA) is 72.0 Å². The standard InChI is InChI=1S/C10H6Br3N3O2S/c11-6-1-3-7(4-2-6)19(17,18)16-10-9(13)15-8(12)5-14-10/h1-5H,(H,14,16). The zero-order chi connectivity index (χ0) is 14.0. The molecule has 0 saturated carbocycles. The van der Waals surface area contributed by atoms with E-state index in [4.69, 9.17) is 0 Å². The van der Waals surface area contributed by atoms with Crippen LogP contribution >= 0.6 is 47.8 Å². The monoisotopic (exact) mass is 469 g/mol. The maximum absolute atomic E-state index is 12.1. The van der Waals surface area contributed by atoms with Crippen molar-refractivity contribution in [1.29, 1.82) is 0 Å². The molecule has 0 fully saturated rings. The van der Waals surface area contributed by atoms with Gasteiger partial charge in [-0.3, -0.25) is 4.72 Å². The second kappa shape index (κ2) is 5.86. The third-order valence-electron chi connectivity index (χ3n) is 2.06. The molecule has 0 aliphatic rings. The highest BCUT2D eigenvalue weighted by Gasteiger charge is 2.16. The fraction of sp³-hybridized carbons (Fsp3) is 0. The first-order valence-corrected chi connectivity index (χ1v) is 8.71. The molecule has 0 aliphatic carbocycles. The van der Waals surface area contributed by atoms with E-state index in [0.29, 0.717) is 9.21 Å². The molecule has 1 N–H and O–H groups in total. The molecule has 0 spiro atoms. The minimum atomic E-state index is -3.68. The maximum atomic E-state index is 12.1. The average Bonchev–Trinajstić information content (AvgIpc) is 2.33. The molecule has 1 aromatic carbocycles. The zero-order valence-electron chi connectivity index (χ0n) is 9.14. The van der Waals surface area contributed by atoms with E-state index in [0.717, 1.165) is 4.47 Å². The lowest BCUT2D eigenvalue weighted by molar-refractivity contribution is 0.601. The summed E-state index contributed by atoms with van der Waals surface area (Å²) in [6, 6.07) is 6.28. The molecule has 2 rings (SSSR count). The predicted molar refractivity (Wildman–Crippen MR) is 82.4 cm³/mol. The quantitative estimate of drug-likeness (QED) is 0.743. The summed E-state index contributed by atoms with van der Waals surface area (Å²) >= 11 is 9.54. The Bertz CT molecular complexity index is 704. The number of benzene rings is 1. The van der Waals surface area contributed by atoms with Gasteiger partial charge in [0.25, 0.3) is 10.0 Å². The Labute approximate surface area is 135 Å². The number of sulfonamides is 1. The van der Waals surface area contributed by atoms with Crippen molar-refractivity contribution in [2.45, 2.75) is 4.90 Å². The Kier molecular flexibility index (Phi) is 4.59. The fourth-order valence-corrected chi connectivity index (χ4v) is 3.54. The number of hydrogen-bond acceptors (Lipinski definition) is 4. The van der Waals surface area contributed by atoms with Gasteiger partial charge in [-0.15, -0.1) is 0 Å². The van der Waals surface area contributed by atoms with Gasteiger partial charge in [-0.05, 0) is 56.1 Å². The molecule has 0 saturated heterocycles. The Balaban J connectivity index is 2.33. The van der Waals surface area contributed by atoms with Crippen LogP contribution in [-0.2, 0) is 10.0 Å². The first-order chi connectivity index (χ1) is 8.88. The highest BCUT2D eigenvalue weighted by Crippen LogP contribution is 2.23. The number of halogens is 3. The Morgan fingerprint density at radius 2 is 1.68 bits per heavy atom. The van der Waals surface area contributed by atoms with Gasteiger partial charge in [0.2, 0.25) is 0 Å². The third kappa shape index (κ3) is 3.74. The Morgan fingerprint density at radius 3 is 2.26 bits per heavy atom. The van der Waals surface area contributed by atoms with Gasteiger partial charge in [-0.2, -0.15) is 0 Å². The van der Waals surface area contributed by atoms with Crippen LogP contribution in [-0.4, -0.2) is 18.4 Å². The van der Waals surface area contributed by atoms with Gasteiger partial charge in [0.1, 0.15) is 4.60 Å². The Hall–Kier alpha value is -0.510. The molecule has 19 heavy (non-hydrogen) atoms. The van der Waals surface area contributed by atoms with E-state index in [9.17, 15) is 8.42 Å². The van der Waals surface area contributed by atoms with Crippen molar-refractivity contribution < 1.29 is 8.42 Å². The molecule has 100 valence electrons. The van der Waals surface area contributed by atoms with Gasteiger partial charge in [-0.1, -0.05) is 15.9 Å². The summed E-state index contributed by atoms with van der Waals surface area (Å²) < 4.78 is 28.2. The van der Waals surface area contributed by atoms with Crippen LogP contribution in [0.15, 0.2) is 49.0 Å². The van der Waals surface area contributed by atoms with E-state index in [2.05, 4.69) is 62.5 Å². The van der Waals surface area contributed by atoms with E-state index < -0.39 is 10.0 Å². The van der Waals surface area contributed by atoms with Gasteiger partial charge in [0, 0.05) is 4.47 Å². The second-order valence-electron chi connectivity index (χ2n) is 3.39. The van der Waals surface area contributed by atoms with Gasteiger partial charge >= 0.3 is 0 Å². The highest BCUT2D eigenvalue weighted by atomic mass is 79.9. The average molecular weight is 472 g/mol. The molecule has 0 bridgehead atoms. The van der Waals surface area contributed by atoms with Crippen molar-refractivity contribution in [2.24, 2.45) is 0 Å². The molecular weight excluding hydrogens is 466 g/mol. The lowest BCUT2D eigenvalue weighted by atomic mass is 10.4. The number of nitrogens with zero attached hydrogens (tertiary/aromatic N) is 2. The lowest BCUT2D eigenvalue weighted by Gasteiger charge is -2.08. The lowest BCUT2D eigenvalue weighted by Crippen LogP contribution is -2.14. The van der Waals surface area contributed by atoms with Crippen LogP contribution in [0.5, 0.6) is 0 Å². The SMILES string of the molecule is O=S(=O)(Nc1ncc(Br)nc1Br)c1ccc(Br)cc1. The normalized spacial score (nSPS) is 11.3. The maximum Gasteiger partial charge on any atom is 0.263 e. The van der Waals surface area contributed by atoms with Crippen LogP contribution in [0.1, 0.15) is 0 Å². The first kappa shape index (κ1) is 14.9. The van der Waals surface area contributed by atoms with Crippen molar-refractivity contribution in [3.63, 3.8) is 0 Å². The number of nitrogens with one attached hydrogen (secondary N) is 1. The van der Waals surface area contributed by atoms with E-state index in [1.807, 2.05) is 0 Å². The van der Waals surface area contributed by atoms with E-state index in [1.165, 1.54) is 18.3 Å². The van der Waals surface area contributed by atoms with E-state index in [-0.39, 0.29) is 10.7 Å². The largest absolute Gasteiger partial charge is 0.263 e. The van der Waals surface area contributed by atoms with Gasteiger partial charge in [0.05, 0.1) is 11.1 Å². The molecule has 2 aromatic rings. The van der Waals surface area contributed by atoms with Crippen LogP contribution in [0.2, 0.25) is 0 Å². The summed E-state index contributed by atoms with van der Waals surface area (Å²) in [5.74, 6) is 0.131. The number of hydrogen-bond donors (Lipinski definition) is 1. The van der Waals surface area contributed by atoms with Crippen molar-refractivity contribution in [3.8, 4) is 0 Å². The summed E-state index contributed by atoms with van der Waals surface area (Å²) in [6.07, 6.45) is 1.41. The van der Waals surface area contributed by atoms with Crippen LogP contribution in [0.4, 0.5) is 5.82 Å². The summed E-state index contributed by atoms with van der Waals surface area (Å²) in [7, 11) is -3.68. The van der Waals surface area contributed by atoms with E-state index >= 15 is 0 Å². The molecule has 0 aliphatic heterocycles. The first-order valence-electron chi connectivity index (χ1n) is 4.85. The third-order valence-corrected chi connectivity index (χ3v) is 4.87. The van der Waals surface area contributed by atoms with Crippen molar-refractivity contribution in [1.82, 2.24) is 9.97 Å². The summed E-state index contributed by atoms with van der Waals surface area (Å²) in [4.78, 5) is 8.10. The van der Waals surface area contributed by atoms with Gasteiger partial charge < -0.3 is 0 Å². The molecule has 5 nitrogen and oxygen atoms in total. The molecule has 0 radical (unpaired) electrons. The minimum Gasteiger partial charge on any atom is -0.261 e. The summed E-state index contributed by atoms with van der Waals surface area (Å²) in [5.41, 5.74) is 0. The molecule has 0 atom stereocenters. The number of anilines is 1. The molecule has 0 unspecified atom stereocenters. The van der Waals surface area contributed by atoms with Crippen LogP contribution in [0.3, 0.4) is 0 Å². The Morgan fingerprint density at radius 1 is 1.05 bits per heavy atom. The van der Waals surface area contributed by atoms with Crippen molar-refractivity contribution >= 4 is 63.6 Å². The zero-order valence-corrected chi connectivity index (χ0v) is 14.7. The number of aromatic nitrogens is 2. The molecule has 9 heteroatoms. The fourth-order valence-electron chi connectivity index (χ4n) is 1.22. The molecule has 0 amide bonds. The van der Waals surface area contributed by atoms with Crippen molar-refractivity contribution in [2.75, 3.05) is 4.72 Å². The summed E-state index contributed by atoms with van der Waals surface area (Å²) in [6.45, 7) is 0. The number of rotatable bonds is 3. The molecule has 1 heterocycles. The van der Waals surface area contributed by atoms with Gasteiger partial charge in [0.15, 0.2) is 10.4 Å². The minimum absolute atomic E-state index is 0.131. The smallest absolute Gasteiger partial charge is 0.261 e. The van der Waals surface area contributed by atoms with E-state index in [1.54, 1.807) is 12.1 Å². The van der Waals surface area contributed by atoms with Crippen molar-refractivity contribution in [3.05, 3.63) is 44.1 Å². The molecular formula is C10H6Br3N3O2S. The molecule has 1 aromatic heterocycles. The highest BCUT2D eigenvalue weighted by molar-refractivity contribution is 9.11. The summed E-state index contributed by atoms with van der Waals surface area (Å²) in [5, 5.41) is 0. The predicted octanol–water partition coefficient (Wildman–Crippen LogP) is 3.56. The van der Waals surface area contributed by atoms with Gasteiger partial charge in [-0.25, -0.2) is 18.4 Å². The second-order valence-corrected chi connectivity index (χ2v) is 7.55. The van der Waals surface area contributed by atoms with Crippen LogP contribution in [0, 0.1) is 0 Å². The van der Waals surface area contributed by atoms with Crippen LogP contribution in [0.25, 0.3) is 0 Å². The van der Waals surface area contributed by atoms with Crippen LogP contribution < -0.4 is 4.72 Å².